The number of hydrogen-bond acceptors (Lipinski definition) is 1. The summed E-state index contributed by atoms with van der Waals surface area (Å²) < 4.78 is 0. The summed E-state index contributed by atoms with van der Waals surface area (Å²) in [6.45, 7) is 8.46. The van der Waals surface area contributed by atoms with Crippen molar-refractivity contribution in [2.24, 2.45) is 0 Å². The summed E-state index contributed by atoms with van der Waals surface area (Å²) >= 11 is 0. The van der Waals surface area contributed by atoms with Crippen LogP contribution in [0.15, 0.2) is 12.1 Å². The van der Waals surface area contributed by atoms with Crippen molar-refractivity contribution in [3.05, 3.63) is 34.4 Å². The van der Waals surface area contributed by atoms with Crippen molar-refractivity contribution < 1.29 is 4.79 Å². The largest absolute Gasteiger partial charge is 0.300 e. The first kappa shape index (κ1) is 13.0. The first-order valence-electron chi connectivity index (χ1n) is 6.13. The van der Waals surface area contributed by atoms with Gasteiger partial charge in [-0.2, -0.15) is 0 Å². The van der Waals surface area contributed by atoms with Gasteiger partial charge in [0.15, 0.2) is 0 Å². The molecule has 0 saturated heterocycles. The SMILES string of the molecule is CCCC(=O)CCc1cc(C)cc(C)c1C. The van der Waals surface area contributed by atoms with Crippen LogP contribution < -0.4 is 0 Å². The average molecular weight is 218 g/mol. The number of carbonyl (C=O) groups is 1. The molecule has 0 fully saturated rings. The summed E-state index contributed by atoms with van der Waals surface area (Å²) in [6.07, 6.45) is 3.28. The maximum atomic E-state index is 11.5. The first-order valence-corrected chi connectivity index (χ1v) is 6.13. The maximum absolute atomic E-state index is 11.5. The smallest absolute Gasteiger partial charge is 0.133 e. The van der Waals surface area contributed by atoms with Crippen LogP contribution in [0.1, 0.15) is 48.4 Å². The fourth-order valence-corrected chi connectivity index (χ4v) is 2.07. The molecule has 0 radical (unpaired) electrons. The van der Waals surface area contributed by atoms with Gasteiger partial charge in [-0.1, -0.05) is 24.6 Å². The van der Waals surface area contributed by atoms with Crippen molar-refractivity contribution in [3.63, 3.8) is 0 Å². The summed E-state index contributed by atoms with van der Waals surface area (Å²) in [5.74, 6) is 0.390. The minimum Gasteiger partial charge on any atom is -0.300 e. The first-order chi connectivity index (χ1) is 7.54. The average Bonchev–Trinajstić information content (AvgIpc) is 2.21. The third-order valence-corrected chi connectivity index (χ3v) is 3.12. The molecule has 0 aliphatic heterocycles. The minimum atomic E-state index is 0.390. The Morgan fingerprint density at radius 1 is 1.12 bits per heavy atom. The molecule has 0 atom stereocenters. The molecule has 0 spiro atoms. The summed E-state index contributed by atoms with van der Waals surface area (Å²) in [6, 6.07) is 4.41. The molecule has 0 aliphatic rings. The highest BCUT2D eigenvalue weighted by Gasteiger charge is 2.06. The van der Waals surface area contributed by atoms with Gasteiger partial charge in [-0.05, 0) is 50.3 Å². The second-order valence-electron chi connectivity index (χ2n) is 4.65. The molecule has 1 aromatic rings. The summed E-state index contributed by atoms with van der Waals surface area (Å²) in [4.78, 5) is 11.5. The predicted molar refractivity (Wildman–Crippen MR) is 68.9 cm³/mol. The molecule has 0 aromatic heterocycles. The van der Waals surface area contributed by atoms with Gasteiger partial charge in [-0.15, -0.1) is 0 Å². The van der Waals surface area contributed by atoms with Crippen LogP contribution >= 0.6 is 0 Å². The van der Waals surface area contributed by atoms with Crippen LogP contribution in [0.25, 0.3) is 0 Å². The van der Waals surface area contributed by atoms with Gasteiger partial charge in [0, 0.05) is 12.8 Å². The van der Waals surface area contributed by atoms with Crippen LogP contribution in [-0.2, 0) is 11.2 Å². The molecule has 0 bridgehead atoms. The van der Waals surface area contributed by atoms with Crippen LogP contribution in [0, 0.1) is 20.8 Å². The van der Waals surface area contributed by atoms with Gasteiger partial charge < -0.3 is 0 Å². The lowest BCUT2D eigenvalue weighted by molar-refractivity contribution is -0.119. The number of hydrogen-bond donors (Lipinski definition) is 0. The van der Waals surface area contributed by atoms with E-state index < -0.39 is 0 Å². The van der Waals surface area contributed by atoms with Gasteiger partial charge in [-0.25, -0.2) is 0 Å². The van der Waals surface area contributed by atoms with Gasteiger partial charge in [0.25, 0.3) is 0 Å². The van der Waals surface area contributed by atoms with E-state index in [0.29, 0.717) is 12.2 Å². The van der Waals surface area contributed by atoms with Gasteiger partial charge in [-0.3, -0.25) is 4.79 Å². The molecular weight excluding hydrogens is 196 g/mol. The van der Waals surface area contributed by atoms with E-state index in [4.69, 9.17) is 0 Å². The van der Waals surface area contributed by atoms with Crippen molar-refractivity contribution in [2.75, 3.05) is 0 Å². The van der Waals surface area contributed by atoms with E-state index in [-0.39, 0.29) is 0 Å². The maximum Gasteiger partial charge on any atom is 0.133 e. The highest BCUT2D eigenvalue weighted by molar-refractivity contribution is 5.78. The highest BCUT2D eigenvalue weighted by atomic mass is 16.1. The van der Waals surface area contributed by atoms with E-state index in [9.17, 15) is 4.79 Å². The summed E-state index contributed by atoms with van der Waals surface area (Å²) in [5, 5.41) is 0. The third kappa shape index (κ3) is 3.48. The zero-order valence-electron chi connectivity index (χ0n) is 10.9. The van der Waals surface area contributed by atoms with E-state index in [1.54, 1.807) is 0 Å². The number of ketones is 1. The second-order valence-corrected chi connectivity index (χ2v) is 4.65. The molecule has 0 unspecified atom stereocenters. The van der Waals surface area contributed by atoms with Gasteiger partial charge in [0.05, 0.1) is 0 Å². The van der Waals surface area contributed by atoms with Crippen molar-refractivity contribution in [2.45, 2.75) is 53.4 Å². The molecular formula is C15H22O. The molecule has 1 aromatic carbocycles. The lowest BCUT2D eigenvalue weighted by Crippen LogP contribution is -2.01. The van der Waals surface area contributed by atoms with Crippen LogP contribution in [0.3, 0.4) is 0 Å². The number of rotatable bonds is 5. The monoisotopic (exact) mass is 218 g/mol. The lowest BCUT2D eigenvalue weighted by Gasteiger charge is -2.10. The molecule has 88 valence electrons. The summed E-state index contributed by atoms with van der Waals surface area (Å²) in [5.41, 5.74) is 5.30. The molecule has 16 heavy (non-hydrogen) atoms. The van der Waals surface area contributed by atoms with E-state index in [2.05, 4.69) is 39.8 Å². The van der Waals surface area contributed by atoms with Gasteiger partial charge in [0.1, 0.15) is 5.78 Å². The Morgan fingerprint density at radius 3 is 2.44 bits per heavy atom. The zero-order chi connectivity index (χ0) is 12.1. The Morgan fingerprint density at radius 2 is 1.81 bits per heavy atom. The molecule has 0 amide bonds. The zero-order valence-corrected chi connectivity index (χ0v) is 10.9. The topological polar surface area (TPSA) is 17.1 Å². The van der Waals surface area contributed by atoms with E-state index in [1.165, 1.54) is 22.3 Å². The lowest BCUT2D eigenvalue weighted by atomic mass is 9.95. The van der Waals surface area contributed by atoms with Crippen molar-refractivity contribution in [3.8, 4) is 0 Å². The van der Waals surface area contributed by atoms with E-state index in [0.717, 1.165) is 19.3 Å². The fraction of sp³-hybridized carbons (Fsp3) is 0.533. The van der Waals surface area contributed by atoms with Crippen molar-refractivity contribution in [1.29, 1.82) is 0 Å². The quantitative estimate of drug-likeness (QED) is 0.732. The predicted octanol–water partition coefficient (Wildman–Crippen LogP) is 3.91. The number of aryl methyl sites for hydroxylation is 3. The molecule has 0 heterocycles. The Hall–Kier alpha value is -1.11. The highest BCUT2D eigenvalue weighted by Crippen LogP contribution is 2.17. The Balaban J connectivity index is 2.70. The van der Waals surface area contributed by atoms with E-state index >= 15 is 0 Å². The van der Waals surface area contributed by atoms with E-state index in [1.807, 2.05) is 0 Å². The third-order valence-electron chi connectivity index (χ3n) is 3.12. The van der Waals surface area contributed by atoms with Gasteiger partial charge in [0.2, 0.25) is 0 Å². The van der Waals surface area contributed by atoms with Crippen LogP contribution in [0.2, 0.25) is 0 Å². The molecule has 0 saturated carbocycles. The Labute approximate surface area is 98.9 Å². The molecule has 0 aliphatic carbocycles. The Kier molecular flexibility index (Phi) is 4.72. The molecule has 1 rings (SSSR count). The number of carbonyl (C=O) groups excluding carboxylic acids is 1. The standard InChI is InChI=1S/C15H22O/c1-5-6-15(16)8-7-14-10-11(2)9-12(3)13(14)4/h9-10H,5-8H2,1-4H3. The van der Waals surface area contributed by atoms with Crippen molar-refractivity contribution >= 4 is 5.78 Å². The second kappa shape index (κ2) is 5.83. The van der Waals surface area contributed by atoms with Crippen LogP contribution in [-0.4, -0.2) is 5.78 Å². The molecule has 0 N–H and O–H groups in total. The van der Waals surface area contributed by atoms with Gasteiger partial charge >= 0.3 is 0 Å². The molecule has 1 heteroatoms. The summed E-state index contributed by atoms with van der Waals surface area (Å²) in [7, 11) is 0. The van der Waals surface area contributed by atoms with Crippen molar-refractivity contribution in [1.82, 2.24) is 0 Å². The van der Waals surface area contributed by atoms with Crippen LogP contribution in [0.5, 0.6) is 0 Å². The fourth-order valence-electron chi connectivity index (χ4n) is 2.07. The molecule has 1 nitrogen and oxygen atoms in total. The van der Waals surface area contributed by atoms with Crippen LogP contribution in [0.4, 0.5) is 0 Å². The Bertz CT molecular complexity index is 377. The number of benzene rings is 1. The minimum absolute atomic E-state index is 0.390. The number of Topliss-reactive ketones (excluding diaryl/α,β-unsaturated/α-hetero) is 1. The normalized spacial score (nSPS) is 10.5.